The van der Waals surface area contributed by atoms with Crippen LogP contribution in [0.4, 0.5) is 0 Å². The molecule has 0 radical (unpaired) electrons. The molecule has 0 aliphatic rings. The Morgan fingerprint density at radius 3 is 2.28 bits per heavy atom. The van der Waals surface area contributed by atoms with E-state index in [2.05, 4.69) is 10.3 Å². The number of amidine groups is 1. The Morgan fingerprint density at radius 1 is 1.11 bits per heavy atom. The van der Waals surface area contributed by atoms with E-state index in [4.69, 9.17) is 34.8 Å². The highest BCUT2D eigenvalue weighted by atomic mass is 35.5. The summed E-state index contributed by atoms with van der Waals surface area (Å²) in [6.45, 7) is 5.59. The molecule has 0 amide bonds. The summed E-state index contributed by atoms with van der Waals surface area (Å²) < 4.78 is 0. The standard InChI is InChI=1S/C12H15Cl3N2.ClH/c1-3-16-12(17-4-2)6-8-5-10(14)11(15)7-9(8)13;/h5,7H,3-4,6H2,1-2H3,(H,16,17);1H. The third kappa shape index (κ3) is 5.23. The van der Waals surface area contributed by atoms with Gasteiger partial charge in [0.05, 0.1) is 10.0 Å². The van der Waals surface area contributed by atoms with E-state index >= 15 is 0 Å². The molecule has 1 N–H and O–H groups in total. The van der Waals surface area contributed by atoms with Crippen molar-refractivity contribution in [1.82, 2.24) is 5.32 Å². The van der Waals surface area contributed by atoms with Gasteiger partial charge in [-0.1, -0.05) is 34.8 Å². The van der Waals surface area contributed by atoms with Crippen LogP contribution in [0.1, 0.15) is 19.4 Å². The lowest BCUT2D eigenvalue weighted by atomic mass is 10.1. The normalized spacial score (nSPS) is 11.1. The first-order valence-corrected chi connectivity index (χ1v) is 6.62. The summed E-state index contributed by atoms with van der Waals surface area (Å²) in [7, 11) is 0. The molecule has 0 aromatic heterocycles. The summed E-state index contributed by atoms with van der Waals surface area (Å²) in [5.74, 6) is 0.912. The van der Waals surface area contributed by atoms with E-state index < -0.39 is 0 Å². The van der Waals surface area contributed by atoms with Crippen LogP contribution < -0.4 is 5.32 Å². The van der Waals surface area contributed by atoms with Gasteiger partial charge in [0.2, 0.25) is 0 Å². The summed E-state index contributed by atoms with van der Waals surface area (Å²) in [5.41, 5.74) is 0.925. The van der Waals surface area contributed by atoms with Gasteiger partial charge in [-0.3, -0.25) is 4.99 Å². The molecule has 0 atom stereocenters. The fourth-order valence-electron chi connectivity index (χ4n) is 1.45. The molecule has 0 saturated heterocycles. The number of aliphatic imine (C=N–C) groups is 1. The van der Waals surface area contributed by atoms with Crippen molar-refractivity contribution in [3.05, 3.63) is 32.8 Å². The van der Waals surface area contributed by atoms with Crippen molar-refractivity contribution < 1.29 is 0 Å². The molecule has 18 heavy (non-hydrogen) atoms. The first kappa shape index (κ1) is 17.8. The number of benzene rings is 1. The van der Waals surface area contributed by atoms with Crippen molar-refractivity contribution in [3.63, 3.8) is 0 Å². The minimum atomic E-state index is 0. The number of nitrogens with zero attached hydrogens (tertiary/aromatic N) is 1. The van der Waals surface area contributed by atoms with Crippen molar-refractivity contribution in [2.45, 2.75) is 20.3 Å². The molecular weight excluding hydrogens is 314 g/mol. The van der Waals surface area contributed by atoms with E-state index in [1.54, 1.807) is 12.1 Å². The monoisotopic (exact) mass is 328 g/mol. The molecule has 102 valence electrons. The highest BCUT2D eigenvalue weighted by Crippen LogP contribution is 2.29. The maximum Gasteiger partial charge on any atom is 0.101 e. The van der Waals surface area contributed by atoms with E-state index in [1.165, 1.54) is 0 Å². The first-order chi connectivity index (χ1) is 8.08. The highest BCUT2D eigenvalue weighted by molar-refractivity contribution is 6.43. The lowest BCUT2D eigenvalue weighted by Crippen LogP contribution is -2.25. The lowest BCUT2D eigenvalue weighted by molar-refractivity contribution is 0.922. The average Bonchev–Trinajstić information content (AvgIpc) is 2.26. The zero-order chi connectivity index (χ0) is 12.8. The van der Waals surface area contributed by atoms with E-state index in [-0.39, 0.29) is 12.4 Å². The molecule has 0 heterocycles. The van der Waals surface area contributed by atoms with Crippen molar-refractivity contribution in [3.8, 4) is 0 Å². The molecule has 0 aliphatic carbocycles. The number of hydrogen-bond donors (Lipinski definition) is 1. The minimum Gasteiger partial charge on any atom is -0.374 e. The molecule has 0 unspecified atom stereocenters. The quantitative estimate of drug-likeness (QED) is 0.485. The fraction of sp³-hybridized carbons (Fsp3) is 0.417. The van der Waals surface area contributed by atoms with Crippen molar-refractivity contribution >= 4 is 53.0 Å². The maximum atomic E-state index is 6.12. The van der Waals surface area contributed by atoms with E-state index in [0.29, 0.717) is 21.5 Å². The third-order valence-corrected chi connectivity index (χ3v) is 3.25. The van der Waals surface area contributed by atoms with E-state index in [9.17, 15) is 0 Å². The maximum absolute atomic E-state index is 6.12. The molecule has 0 bridgehead atoms. The van der Waals surface area contributed by atoms with Gasteiger partial charge in [0.15, 0.2) is 0 Å². The molecule has 0 fully saturated rings. The third-order valence-electron chi connectivity index (χ3n) is 2.18. The topological polar surface area (TPSA) is 24.4 Å². The molecule has 1 rings (SSSR count). The predicted octanol–water partition coefficient (Wildman–Crippen LogP) is 4.64. The number of halogens is 4. The molecule has 0 saturated carbocycles. The second-order valence-corrected chi connectivity index (χ2v) is 4.71. The van der Waals surface area contributed by atoms with Gasteiger partial charge in [-0.15, -0.1) is 12.4 Å². The predicted molar refractivity (Wildman–Crippen MR) is 84.1 cm³/mol. The number of rotatable bonds is 4. The molecular formula is C12H16Cl4N2. The van der Waals surface area contributed by atoms with Gasteiger partial charge in [-0.25, -0.2) is 0 Å². The Hall–Kier alpha value is -0.150. The van der Waals surface area contributed by atoms with Crippen LogP contribution in [0.5, 0.6) is 0 Å². The van der Waals surface area contributed by atoms with Crippen LogP contribution in [-0.4, -0.2) is 18.9 Å². The molecule has 0 aliphatic heterocycles. The second kappa shape index (κ2) is 8.87. The SMILES string of the molecule is CCN=C(Cc1cc(Cl)c(Cl)cc1Cl)NCC.Cl. The van der Waals surface area contributed by atoms with Gasteiger partial charge in [-0.2, -0.15) is 0 Å². The Morgan fingerprint density at radius 2 is 1.72 bits per heavy atom. The fourth-order valence-corrected chi connectivity index (χ4v) is 2.09. The Labute approximate surface area is 129 Å². The van der Waals surface area contributed by atoms with Gasteiger partial charge in [-0.05, 0) is 31.5 Å². The summed E-state index contributed by atoms with van der Waals surface area (Å²) in [6, 6.07) is 3.45. The number of nitrogens with one attached hydrogen (secondary N) is 1. The Balaban J connectivity index is 0.00000289. The number of hydrogen-bond acceptors (Lipinski definition) is 1. The largest absolute Gasteiger partial charge is 0.374 e. The summed E-state index contributed by atoms with van der Waals surface area (Å²) in [6.07, 6.45) is 0.636. The van der Waals surface area contributed by atoms with Crippen LogP contribution in [0, 0.1) is 0 Å². The van der Waals surface area contributed by atoms with Crippen LogP contribution in [-0.2, 0) is 6.42 Å². The zero-order valence-corrected chi connectivity index (χ0v) is 13.3. The van der Waals surface area contributed by atoms with Crippen LogP contribution in [0.2, 0.25) is 15.1 Å². The minimum absolute atomic E-state index is 0. The summed E-state index contributed by atoms with van der Waals surface area (Å²) in [4.78, 5) is 4.37. The van der Waals surface area contributed by atoms with Crippen LogP contribution >= 0.6 is 47.2 Å². The van der Waals surface area contributed by atoms with Crippen molar-refractivity contribution in [2.24, 2.45) is 4.99 Å². The van der Waals surface area contributed by atoms with Crippen LogP contribution in [0.15, 0.2) is 17.1 Å². The highest BCUT2D eigenvalue weighted by Gasteiger charge is 2.08. The van der Waals surface area contributed by atoms with Crippen LogP contribution in [0.25, 0.3) is 0 Å². The smallest absolute Gasteiger partial charge is 0.101 e. The lowest BCUT2D eigenvalue weighted by Gasteiger charge is -2.10. The molecule has 1 aromatic carbocycles. The van der Waals surface area contributed by atoms with Gasteiger partial charge >= 0.3 is 0 Å². The number of likely N-dealkylation sites (N-methyl/N-ethyl adjacent to an activating group) is 1. The zero-order valence-electron chi connectivity index (χ0n) is 10.3. The van der Waals surface area contributed by atoms with Crippen molar-refractivity contribution in [1.29, 1.82) is 0 Å². The van der Waals surface area contributed by atoms with Gasteiger partial charge in [0.1, 0.15) is 5.84 Å². The van der Waals surface area contributed by atoms with E-state index in [0.717, 1.165) is 24.5 Å². The molecule has 1 aromatic rings. The first-order valence-electron chi connectivity index (χ1n) is 5.49. The molecule has 6 heteroatoms. The second-order valence-electron chi connectivity index (χ2n) is 3.49. The van der Waals surface area contributed by atoms with Crippen molar-refractivity contribution in [2.75, 3.05) is 13.1 Å². The van der Waals surface area contributed by atoms with Gasteiger partial charge in [0, 0.05) is 24.5 Å². The Kier molecular flexibility index (Phi) is 8.79. The average molecular weight is 330 g/mol. The summed E-state index contributed by atoms with van der Waals surface area (Å²) in [5, 5.41) is 4.80. The summed E-state index contributed by atoms with van der Waals surface area (Å²) >= 11 is 18.0. The van der Waals surface area contributed by atoms with Gasteiger partial charge in [0.25, 0.3) is 0 Å². The molecule has 0 spiro atoms. The van der Waals surface area contributed by atoms with E-state index in [1.807, 2.05) is 13.8 Å². The Bertz CT molecular complexity index is 419. The van der Waals surface area contributed by atoms with Gasteiger partial charge < -0.3 is 5.32 Å². The molecule has 2 nitrogen and oxygen atoms in total. The van der Waals surface area contributed by atoms with Crippen LogP contribution in [0.3, 0.4) is 0 Å².